The molecule has 0 aromatic carbocycles. The summed E-state index contributed by atoms with van der Waals surface area (Å²) in [6.07, 6.45) is 2.62. The first-order valence-electron chi connectivity index (χ1n) is 5.96. The van der Waals surface area contributed by atoms with Crippen molar-refractivity contribution in [1.29, 1.82) is 0 Å². The fourth-order valence-corrected chi connectivity index (χ4v) is 2.57. The highest BCUT2D eigenvalue weighted by molar-refractivity contribution is 5.90. The molecular formula is C12H20O4. The average Bonchev–Trinajstić information content (AvgIpc) is 2.15. The fourth-order valence-electron chi connectivity index (χ4n) is 2.57. The van der Waals surface area contributed by atoms with Gasteiger partial charge in [0.1, 0.15) is 6.10 Å². The SMILES string of the molecule is COC1C(=O)CC1OC1CC(C)OC(C)C1. The predicted molar refractivity (Wildman–Crippen MR) is 58.3 cm³/mol. The minimum atomic E-state index is -0.339. The highest BCUT2D eigenvalue weighted by atomic mass is 16.6. The second kappa shape index (κ2) is 4.82. The molecule has 92 valence electrons. The molecule has 16 heavy (non-hydrogen) atoms. The third kappa shape index (κ3) is 2.44. The summed E-state index contributed by atoms with van der Waals surface area (Å²) < 4.78 is 16.7. The van der Waals surface area contributed by atoms with Crippen molar-refractivity contribution in [2.24, 2.45) is 0 Å². The van der Waals surface area contributed by atoms with Crippen molar-refractivity contribution in [1.82, 2.24) is 0 Å². The molecule has 2 aliphatic rings. The second-order valence-electron chi connectivity index (χ2n) is 4.85. The van der Waals surface area contributed by atoms with Crippen LogP contribution in [0.5, 0.6) is 0 Å². The van der Waals surface area contributed by atoms with Crippen molar-refractivity contribution in [2.75, 3.05) is 7.11 Å². The van der Waals surface area contributed by atoms with Crippen LogP contribution in [0.15, 0.2) is 0 Å². The lowest BCUT2D eigenvalue weighted by Crippen LogP contribution is -2.52. The van der Waals surface area contributed by atoms with E-state index in [0.29, 0.717) is 6.42 Å². The summed E-state index contributed by atoms with van der Waals surface area (Å²) in [6.45, 7) is 4.12. The summed E-state index contributed by atoms with van der Waals surface area (Å²) in [5, 5.41) is 0. The summed E-state index contributed by atoms with van der Waals surface area (Å²) in [5.41, 5.74) is 0. The number of methoxy groups -OCH3 is 1. The van der Waals surface area contributed by atoms with E-state index in [9.17, 15) is 4.79 Å². The van der Waals surface area contributed by atoms with Crippen molar-refractivity contribution in [3.8, 4) is 0 Å². The van der Waals surface area contributed by atoms with Gasteiger partial charge < -0.3 is 14.2 Å². The Balaban J connectivity index is 1.83. The lowest BCUT2D eigenvalue weighted by atomic mass is 9.89. The Labute approximate surface area is 96.2 Å². The Kier molecular flexibility index (Phi) is 3.62. The minimum Gasteiger partial charge on any atom is -0.375 e. The lowest BCUT2D eigenvalue weighted by molar-refractivity contribution is -0.183. The maximum absolute atomic E-state index is 11.2. The zero-order valence-corrected chi connectivity index (χ0v) is 10.1. The van der Waals surface area contributed by atoms with E-state index in [1.165, 1.54) is 0 Å². The van der Waals surface area contributed by atoms with Crippen LogP contribution in [0.1, 0.15) is 33.1 Å². The Morgan fingerprint density at radius 2 is 1.88 bits per heavy atom. The van der Waals surface area contributed by atoms with Gasteiger partial charge in [-0.15, -0.1) is 0 Å². The minimum absolute atomic E-state index is 0.0417. The van der Waals surface area contributed by atoms with Gasteiger partial charge in [-0.05, 0) is 26.7 Å². The molecule has 2 fully saturated rings. The third-order valence-corrected chi connectivity index (χ3v) is 3.33. The summed E-state index contributed by atoms with van der Waals surface area (Å²) in [5.74, 6) is 0.153. The molecule has 1 heterocycles. The topological polar surface area (TPSA) is 44.8 Å². The number of carbonyl (C=O) groups is 1. The van der Waals surface area contributed by atoms with Gasteiger partial charge in [0.15, 0.2) is 5.78 Å². The Hall–Kier alpha value is -0.450. The monoisotopic (exact) mass is 228 g/mol. The first-order valence-corrected chi connectivity index (χ1v) is 5.96. The van der Waals surface area contributed by atoms with Gasteiger partial charge in [-0.3, -0.25) is 4.79 Å². The van der Waals surface area contributed by atoms with Crippen molar-refractivity contribution >= 4 is 5.78 Å². The smallest absolute Gasteiger partial charge is 0.166 e. The van der Waals surface area contributed by atoms with Gasteiger partial charge in [0.05, 0.1) is 24.4 Å². The molecule has 0 N–H and O–H groups in total. The van der Waals surface area contributed by atoms with Crippen LogP contribution >= 0.6 is 0 Å². The Morgan fingerprint density at radius 3 is 2.38 bits per heavy atom. The van der Waals surface area contributed by atoms with E-state index in [4.69, 9.17) is 14.2 Å². The van der Waals surface area contributed by atoms with Gasteiger partial charge in [0, 0.05) is 13.5 Å². The van der Waals surface area contributed by atoms with Gasteiger partial charge in [0.2, 0.25) is 0 Å². The molecule has 0 amide bonds. The highest BCUT2D eigenvalue weighted by Gasteiger charge is 2.43. The van der Waals surface area contributed by atoms with Gasteiger partial charge in [0.25, 0.3) is 0 Å². The molecule has 4 unspecified atom stereocenters. The summed E-state index contributed by atoms with van der Waals surface area (Å²) in [6, 6.07) is 0. The largest absolute Gasteiger partial charge is 0.375 e. The molecule has 0 spiro atoms. The number of hydrogen-bond donors (Lipinski definition) is 0. The molecule has 4 heteroatoms. The second-order valence-corrected chi connectivity index (χ2v) is 4.85. The van der Waals surface area contributed by atoms with E-state index in [-0.39, 0.29) is 36.3 Å². The van der Waals surface area contributed by atoms with Crippen LogP contribution in [0.3, 0.4) is 0 Å². The van der Waals surface area contributed by atoms with Crippen LogP contribution in [0, 0.1) is 0 Å². The molecule has 0 radical (unpaired) electrons. The molecule has 0 aromatic heterocycles. The van der Waals surface area contributed by atoms with Crippen molar-refractivity contribution < 1.29 is 19.0 Å². The standard InChI is InChI=1S/C12H20O4/c1-7-4-9(5-8(2)15-7)16-11-6-10(13)12(11)14-3/h7-9,11-12H,4-6H2,1-3H3. The molecule has 0 aromatic rings. The van der Waals surface area contributed by atoms with Crippen LogP contribution in [-0.2, 0) is 19.0 Å². The number of ketones is 1. The van der Waals surface area contributed by atoms with E-state index in [2.05, 4.69) is 13.8 Å². The van der Waals surface area contributed by atoms with E-state index in [1.54, 1.807) is 7.11 Å². The third-order valence-electron chi connectivity index (χ3n) is 3.33. The van der Waals surface area contributed by atoms with Crippen molar-refractivity contribution in [2.45, 2.75) is 63.6 Å². The zero-order valence-electron chi connectivity index (χ0n) is 10.1. The first kappa shape index (κ1) is 12.0. The number of rotatable bonds is 3. The van der Waals surface area contributed by atoms with Gasteiger partial charge in [-0.2, -0.15) is 0 Å². The summed E-state index contributed by atoms with van der Waals surface area (Å²) in [4.78, 5) is 11.2. The first-order chi connectivity index (χ1) is 7.60. The molecular weight excluding hydrogens is 208 g/mol. The molecule has 1 saturated carbocycles. The molecule has 4 atom stereocenters. The molecule has 4 nitrogen and oxygen atoms in total. The predicted octanol–water partition coefficient (Wildman–Crippen LogP) is 1.32. The quantitative estimate of drug-likeness (QED) is 0.730. The highest BCUT2D eigenvalue weighted by Crippen LogP contribution is 2.29. The van der Waals surface area contributed by atoms with E-state index in [1.807, 2.05) is 0 Å². The van der Waals surface area contributed by atoms with E-state index < -0.39 is 0 Å². The maximum Gasteiger partial charge on any atom is 0.166 e. The fraction of sp³-hybridized carbons (Fsp3) is 0.917. The summed E-state index contributed by atoms with van der Waals surface area (Å²) in [7, 11) is 1.56. The Morgan fingerprint density at radius 1 is 1.25 bits per heavy atom. The normalized spacial score (nSPS) is 44.2. The van der Waals surface area contributed by atoms with E-state index in [0.717, 1.165) is 12.8 Å². The van der Waals surface area contributed by atoms with Crippen LogP contribution < -0.4 is 0 Å². The molecule has 1 aliphatic carbocycles. The molecule has 1 saturated heterocycles. The zero-order chi connectivity index (χ0) is 11.7. The lowest BCUT2D eigenvalue weighted by Gasteiger charge is -2.39. The molecule has 1 aliphatic heterocycles. The van der Waals surface area contributed by atoms with Crippen LogP contribution in [0.4, 0.5) is 0 Å². The number of Topliss-reactive ketones (excluding diaryl/α,β-unsaturated/α-hetero) is 1. The number of carbonyl (C=O) groups excluding carboxylic acids is 1. The number of hydrogen-bond acceptors (Lipinski definition) is 4. The van der Waals surface area contributed by atoms with Crippen molar-refractivity contribution in [3.05, 3.63) is 0 Å². The van der Waals surface area contributed by atoms with Gasteiger partial charge in [-0.1, -0.05) is 0 Å². The van der Waals surface area contributed by atoms with Gasteiger partial charge in [-0.25, -0.2) is 0 Å². The van der Waals surface area contributed by atoms with Crippen LogP contribution in [0.2, 0.25) is 0 Å². The van der Waals surface area contributed by atoms with Crippen LogP contribution in [-0.4, -0.2) is 43.4 Å². The molecule has 2 rings (SSSR count). The maximum atomic E-state index is 11.2. The number of ether oxygens (including phenoxy) is 3. The van der Waals surface area contributed by atoms with E-state index >= 15 is 0 Å². The summed E-state index contributed by atoms with van der Waals surface area (Å²) >= 11 is 0. The van der Waals surface area contributed by atoms with Gasteiger partial charge >= 0.3 is 0 Å². The van der Waals surface area contributed by atoms with Crippen molar-refractivity contribution in [3.63, 3.8) is 0 Å². The average molecular weight is 228 g/mol. The Bertz CT molecular complexity index is 256. The molecule has 0 bridgehead atoms. The van der Waals surface area contributed by atoms with Crippen LogP contribution in [0.25, 0.3) is 0 Å².